The number of para-hydroxylation sites is 1. The summed E-state index contributed by atoms with van der Waals surface area (Å²) in [5, 5.41) is 0. The Hall–Kier alpha value is -0.300. The van der Waals surface area contributed by atoms with Gasteiger partial charge in [-0.3, -0.25) is 0 Å². The molecule has 4 heteroatoms. The number of benzene rings is 1. The molecule has 0 bridgehead atoms. The summed E-state index contributed by atoms with van der Waals surface area (Å²) in [5.74, 6) is 0.896. The van der Waals surface area contributed by atoms with Gasteiger partial charge in [0, 0.05) is 7.11 Å². The van der Waals surface area contributed by atoms with Gasteiger partial charge < -0.3 is 9.05 Å². The first-order valence-electron chi connectivity index (χ1n) is 3.35. The van der Waals surface area contributed by atoms with Crippen LogP contribution in [0, 0.1) is 6.92 Å². The molecule has 0 aromatic heterocycles. The molecule has 0 fully saturated rings. The maximum Gasteiger partial charge on any atom is 0.215 e. The minimum atomic E-state index is 0. The maximum atomic E-state index is 5.29. The molecule has 0 spiro atoms. The van der Waals surface area contributed by atoms with Crippen molar-refractivity contribution in [1.82, 2.24) is 0 Å². The van der Waals surface area contributed by atoms with E-state index in [1.807, 2.05) is 31.2 Å². The zero-order chi connectivity index (χ0) is 8.10. The molecule has 0 N–H and O–H groups in total. The Morgan fingerprint density at radius 1 is 1.25 bits per heavy atom. The van der Waals surface area contributed by atoms with E-state index in [1.165, 1.54) is 0 Å². The molecule has 0 aliphatic carbocycles. The summed E-state index contributed by atoms with van der Waals surface area (Å²) in [7, 11) is 1.71. The Bertz CT molecular complexity index is 230. The highest BCUT2D eigenvalue weighted by Gasteiger charge is 1.95. The van der Waals surface area contributed by atoms with Crippen molar-refractivity contribution in [3.63, 3.8) is 0 Å². The van der Waals surface area contributed by atoms with E-state index in [4.69, 9.17) is 9.05 Å². The average molecular weight is 207 g/mol. The zero-order valence-electron chi connectivity index (χ0n) is 7.03. The highest BCUT2D eigenvalue weighted by atomic mass is 35.5. The molecular weight excluding hydrogens is 195 g/mol. The fourth-order valence-electron chi connectivity index (χ4n) is 0.757. The van der Waals surface area contributed by atoms with Crippen molar-refractivity contribution in [3.05, 3.63) is 29.8 Å². The van der Waals surface area contributed by atoms with E-state index in [0.29, 0.717) is 0 Å². The standard InChI is InChI=1S/C8H11O2P.ClH/c1-7-5-3-4-6-8(7)10-11-9-2;/h3-6,11H,1-2H3;1H. The zero-order valence-corrected chi connectivity index (χ0v) is 8.85. The van der Waals surface area contributed by atoms with Gasteiger partial charge in [-0.25, -0.2) is 0 Å². The van der Waals surface area contributed by atoms with Gasteiger partial charge in [-0.05, 0) is 18.6 Å². The van der Waals surface area contributed by atoms with Crippen LogP contribution in [-0.4, -0.2) is 7.11 Å². The summed E-state index contributed by atoms with van der Waals surface area (Å²) in [6, 6.07) is 7.87. The van der Waals surface area contributed by atoms with Crippen molar-refractivity contribution in [3.8, 4) is 5.75 Å². The lowest BCUT2D eigenvalue weighted by molar-refractivity contribution is 0.416. The number of halogens is 1. The predicted molar refractivity (Wildman–Crippen MR) is 54.4 cm³/mol. The van der Waals surface area contributed by atoms with Crippen molar-refractivity contribution in [1.29, 1.82) is 0 Å². The van der Waals surface area contributed by atoms with Crippen LogP contribution in [0.15, 0.2) is 24.3 Å². The third-order valence-electron chi connectivity index (χ3n) is 1.33. The lowest BCUT2D eigenvalue weighted by Crippen LogP contribution is -1.82. The molecule has 0 radical (unpaired) electrons. The summed E-state index contributed by atoms with van der Waals surface area (Å²) >= 11 is 0. The van der Waals surface area contributed by atoms with Crippen LogP contribution in [0.2, 0.25) is 0 Å². The molecule has 0 saturated carbocycles. The number of hydrogen-bond donors (Lipinski definition) is 0. The second-order valence-electron chi connectivity index (χ2n) is 2.16. The first-order valence-corrected chi connectivity index (χ1v) is 4.16. The molecule has 0 aliphatic rings. The lowest BCUT2D eigenvalue weighted by atomic mass is 10.2. The molecule has 1 atom stereocenters. The third-order valence-corrected chi connectivity index (χ3v) is 1.80. The monoisotopic (exact) mass is 206 g/mol. The van der Waals surface area contributed by atoms with E-state index in [2.05, 4.69) is 0 Å². The van der Waals surface area contributed by atoms with Crippen molar-refractivity contribution >= 4 is 21.4 Å². The van der Waals surface area contributed by atoms with Gasteiger partial charge in [0.25, 0.3) is 0 Å². The second kappa shape index (κ2) is 6.24. The van der Waals surface area contributed by atoms with Crippen molar-refractivity contribution in [2.45, 2.75) is 6.92 Å². The predicted octanol–water partition coefficient (Wildman–Crippen LogP) is 2.95. The number of aryl methyl sites for hydroxylation is 1. The summed E-state index contributed by atoms with van der Waals surface area (Å²) in [6.45, 7) is 2.01. The molecule has 1 rings (SSSR count). The molecule has 0 amide bonds. The maximum absolute atomic E-state index is 5.29. The molecule has 0 saturated heterocycles. The van der Waals surface area contributed by atoms with Gasteiger partial charge in [-0.1, -0.05) is 18.2 Å². The molecule has 1 aromatic rings. The largest absolute Gasteiger partial charge is 0.449 e. The van der Waals surface area contributed by atoms with Crippen LogP contribution in [0.1, 0.15) is 5.56 Å². The van der Waals surface area contributed by atoms with Crippen molar-refractivity contribution in [2.75, 3.05) is 7.11 Å². The van der Waals surface area contributed by atoms with Gasteiger partial charge in [-0.2, -0.15) is 0 Å². The van der Waals surface area contributed by atoms with Crippen LogP contribution in [0.25, 0.3) is 0 Å². The third kappa shape index (κ3) is 3.40. The molecule has 0 heterocycles. The van der Waals surface area contributed by atoms with Gasteiger partial charge in [0.1, 0.15) is 5.75 Å². The van der Waals surface area contributed by atoms with Crippen molar-refractivity contribution < 1.29 is 9.05 Å². The van der Waals surface area contributed by atoms with Crippen molar-refractivity contribution in [2.24, 2.45) is 0 Å². The van der Waals surface area contributed by atoms with E-state index in [0.717, 1.165) is 11.3 Å². The first-order chi connectivity index (χ1) is 5.34. The summed E-state index contributed by atoms with van der Waals surface area (Å²) < 4.78 is 10.1. The SMILES string of the molecule is COPOc1ccccc1C.Cl. The van der Waals surface area contributed by atoms with Gasteiger partial charge >= 0.3 is 0 Å². The smallest absolute Gasteiger partial charge is 0.215 e. The number of hydrogen-bond acceptors (Lipinski definition) is 2. The summed E-state index contributed by atoms with van der Waals surface area (Å²) in [6.07, 6.45) is 0. The number of rotatable bonds is 3. The van der Waals surface area contributed by atoms with Gasteiger partial charge in [0.05, 0.1) is 0 Å². The summed E-state index contributed by atoms with van der Waals surface area (Å²) in [5.41, 5.74) is 1.14. The first kappa shape index (κ1) is 11.7. The highest BCUT2D eigenvalue weighted by Crippen LogP contribution is 2.23. The molecule has 68 valence electrons. The van der Waals surface area contributed by atoms with Gasteiger partial charge in [0.2, 0.25) is 9.03 Å². The van der Waals surface area contributed by atoms with Crippen LogP contribution in [-0.2, 0) is 4.52 Å². The molecule has 1 aromatic carbocycles. The Balaban J connectivity index is 0.00000121. The molecule has 1 unspecified atom stereocenters. The molecule has 12 heavy (non-hydrogen) atoms. The second-order valence-corrected chi connectivity index (χ2v) is 2.93. The Morgan fingerprint density at radius 2 is 1.92 bits per heavy atom. The normalized spacial score (nSPS) is 9.83. The van der Waals surface area contributed by atoms with Gasteiger partial charge in [-0.15, -0.1) is 12.4 Å². The van der Waals surface area contributed by atoms with Crippen LogP contribution >= 0.6 is 21.4 Å². The minimum Gasteiger partial charge on any atom is -0.449 e. The van der Waals surface area contributed by atoms with Crippen LogP contribution in [0.3, 0.4) is 0 Å². The summed E-state index contributed by atoms with van der Waals surface area (Å²) in [4.78, 5) is 0. The Labute approximate surface area is 80.6 Å². The van der Waals surface area contributed by atoms with E-state index in [-0.39, 0.29) is 21.4 Å². The van der Waals surface area contributed by atoms with E-state index in [1.54, 1.807) is 7.11 Å². The van der Waals surface area contributed by atoms with Crippen LogP contribution < -0.4 is 4.52 Å². The molecule has 2 nitrogen and oxygen atoms in total. The minimum absolute atomic E-state index is 0. The molecule has 0 aliphatic heterocycles. The fraction of sp³-hybridized carbons (Fsp3) is 0.250. The quantitative estimate of drug-likeness (QED) is 0.708. The van der Waals surface area contributed by atoms with E-state index in [9.17, 15) is 0 Å². The average Bonchev–Trinajstić information content (AvgIpc) is 2.03. The Kier molecular flexibility index (Phi) is 6.09. The van der Waals surface area contributed by atoms with Gasteiger partial charge in [0.15, 0.2) is 0 Å². The molecular formula is C8H12ClO2P. The van der Waals surface area contributed by atoms with Crippen LogP contribution in [0.4, 0.5) is 0 Å². The van der Waals surface area contributed by atoms with E-state index >= 15 is 0 Å². The topological polar surface area (TPSA) is 18.5 Å². The highest BCUT2D eigenvalue weighted by molar-refractivity contribution is 7.26. The Morgan fingerprint density at radius 3 is 2.50 bits per heavy atom. The van der Waals surface area contributed by atoms with Crippen LogP contribution in [0.5, 0.6) is 5.75 Å². The fourth-order valence-corrected chi connectivity index (χ4v) is 1.16. The lowest BCUT2D eigenvalue weighted by Gasteiger charge is -2.05. The van der Waals surface area contributed by atoms with E-state index < -0.39 is 0 Å².